The van der Waals surface area contributed by atoms with Gasteiger partial charge >= 0.3 is 0 Å². The SMILES string of the molecule is COc1ccccc1-c1nnc(Sc2ccc(C)cc2[N+](=O)[O-])n1C. The molecule has 0 fully saturated rings. The highest BCUT2D eigenvalue weighted by atomic mass is 32.2. The average molecular weight is 356 g/mol. The Bertz CT molecular complexity index is 939. The second-order valence-electron chi connectivity index (χ2n) is 5.40. The number of aromatic nitrogens is 3. The van der Waals surface area contributed by atoms with E-state index in [0.29, 0.717) is 21.6 Å². The zero-order valence-corrected chi connectivity index (χ0v) is 14.8. The van der Waals surface area contributed by atoms with Gasteiger partial charge in [-0.15, -0.1) is 10.2 Å². The molecule has 0 saturated heterocycles. The van der Waals surface area contributed by atoms with Crippen molar-refractivity contribution in [3.63, 3.8) is 0 Å². The van der Waals surface area contributed by atoms with Gasteiger partial charge in [-0.3, -0.25) is 10.1 Å². The molecule has 25 heavy (non-hydrogen) atoms. The molecule has 2 aromatic carbocycles. The summed E-state index contributed by atoms with van der Waals surface area (Å²) in [5.41, 5.74) is 1.71. The normalized spacial score (nSPS) is 10.7. The van der Waals surface area contributed by atoms with Crippen molar-refractivity contribution in [2.75, 3.05) is 7.11 Å². The van der Waals surface area contributed by atoms with Crippen LogP contribution in [-0.2, 0) is 7.05 Å². The molecule has 0 N–H and O–H groups in total. The molecule has 1 aromatic heterocycles. The van der Waals surface area contributed by atoms with Gasteiger partial charge in [0.05, 0.1) is 22.5 Å². The Morgan fingerprint density at radius 3 is 2.68 bits per heavy atom. The second kappa shape index (κ2) is 6.94. The van der Waals surface area contributed by atoms with Crippen LogP contribution in [0.2, 0.25) is 0 Å². The molecule has 3 rings (SSSR count). The minimum absolute atomic E-state index is 0.0619. The summed E-state index contributed by atoms with van der Waals surface area (Å²) in [6.07, 6.45) is 0. The van der Waals surface area contributed by atoms with Gasteiger partial charge in [-0.2, -0.15) is 0 Å². The summed E-state index contributed by atoms with van der Waals surface area (Å²) < 4.78 is 7.17. The molecule has 7 nitrogen and oxygen atoms in total. The summed E-state index contributed by atoms with van der Waals surface area (Å²) in [6.45, 7) is 1.82. The number of aryl methyl sites for hydroxylation is 1. The van der Waals surface area contributed by atoms with Crippen LogP contribution in [0.25, 0.3) is 11.4 Å². The lowest BCUT2D eigenvalue weighted by molar-refractivity contribution is -0.387. The van der Waals surface area contributed by atoms with Crippen molar-refractivity contribution in [3.8, 4) is 17.1 Å². The Kier molecular flexibility index (Phi) is 4.71. The van der Waals surface area contributed by atoms with E-state index in [2.05, 4.69) is 10.2 Å². The van der Waals surface area contributed by atoms with Gasteiger partial charge in [-0.25, -0.2) is 0 Å². The topological polar surface area (TPSA) is 83.1 Å². The van der Waals surface area contributed by atoms with Gasteiger partial charge in [-0.1, -0.05) is 18.2 Å². The van der Waals surface area contributed by atoms with Crippen LogP contribution in [0.4, 0.5) is 5.69 Å². The highest BCUT2D eigenvalue weighted by Gasteiger charge is 2.20. The molecule has 0 aliphatic rings. The molecular weight excluding hydrogens is 340 g/mol. The van der Waals surface area contributed by atoms with E-state index >= 15 is 0 Å². The Labute approximate surface area is 148 Å². The van der Waals surface area contributed by atoms with Gasteiger partial charge in [0.2, 0.25) is 0 Å². The molecule has 0 aliphatic heterocycles. The smallest absolute Gasteiger partial charge is 0.283 e. The minimum Gasteiger partial charge on any atom is -0.496 e. The minimum atomic E-state index is -0.382. The third-order valence-electron chi connectivity index (χ3n) is 3.70. The van der Waals surface area contributed by atoms with Crippen molar-refractivity contribution in [2.45, 2.75) is 17.0 Å². The van der Waals surface area contributed by atoms with E-state index in [0.717, 1.165) is 11.1 Å². The van der Waals surface area contributed by atoms with Crippen LogP contribution in [0.5, 0.6) is 5.75 Å². The highest BCUT2D eigenvalue weighted by molar-refractivity contribution is 7.99. The molecule has 0 aliphatic carbocycles. The zero-order valence-electron chi connectivity index (χ0n) is 14.0. The number of para-hydroxylation sites is 1. The molecule has 128 valence electrons. The first kappa shape index (κ1) is 17.0. The zero-order chi connectivity index (χ0) is 18.0. The second-order valence-corrected chi connectivity index (χ2v) is 6.40. The monoisotopic (exact) mass is 356 g/mol. The Morgan fingerprint density at radius 2 is 1.96 bits per heavy atom. The first-order valence-corrected chi connectivity index (χ1v) is 8.28. The summed E-state index contributed by atoms with van der Waals surface area (Å²) in [4.78, 5) is 11.4. The van der Waals surface area contributed by atoms with Crippen LogP contribution in [0.1, 0.15) is 5.56 Å². The first-order chi connectivity index (χ1) is 12.0. The van der Waals surface area contributed by atoms with E-state index in [-0.39, 0.29) is 10.6 Å². The largest absolute Gasteiger partial charge is 0.496 e. The molecule has 0 amide bonds. The lowest BCUT2D eigenvalue weighted by Crippen LogP contribution is -1.97. The molecular formula is C17H16N4O3S. The Hall–Kier alpha value is -2.87. The number of hydrogen-bond acceptors (Lipinski definition) is 6. The predicted octanol–water partition coefficient (Wildman–Crippen LogP) is 3.86. The maximum Gasteiger partial charge on any atom is 0.283 e. The van der Waals surface area contributed by atoms with E-state index in [9.17, 15) is 10.1 Å². The van der Waals surface area contributed by atoms with Crippen LogP contribution in [0, 0.1) is 17.0 Å². The third-order valence-corrected chi connectivity index (χ3v) is 4.80. The summed E-state index contributed by atoms with van der Waals surface area (Å²) >= 11 is 1.21. The van der Waals surface area contributed by atoms with Crippen LogP contribution in [0.15, 0.2) is 52.5 Å². The molecule has 3 aromatic rings. The average Bonchev–Trinajstić information content (AvgIpc) is 2.96. The van der Waals surface area contributed by atoms with Crippen molar-refractivity contribution in [2.24, 2.45) is 7.05 Å². The van der Waals surface area contributed by atoms with Crippen LogP contribution in [0.3, 0.4) is 0 Å². The summed E-state index contributed by atoms with van der Waals surface area (Å²) in [5, 5.41) is 20.3. The first-order valence-electron chi connectivity index (χ1n) is 7.47. The molecule has 0 atom stereocenters. The lowest BCUT2D eigenvalue weighted by atomic mass is 10.2. The number of hydrogen-bond donors (Lipinski definition) is 0. The fourth-order valence-corrected chi connectivity index (χ4v) is 3.30. The fraction of sp³-hybridized carbons (Fsp3) is 0.176. The molecule has 1 heterocycles. The number of rotatable bonds is 5. The Balaban J connectivity index is 1.99. The van der Waals surface area contributed by atoms with Crippen molar-refractivity contribution in [3.05, 3.63) is 58.1 Å². The van der Waals surface area contributed by atoms with Crippen LogP contribution < -0.4 is 4.74 Å². The number of nitrogens with zero attached hydrogens (tertiary/aromatic N) is 4. The number of ether oxygens (including phenoxy) is 1. The number of nitro benzene ring substituents is 1. The van der Waals surface area contributed by atoms with Gasteiger partial charge in [0, 0.05) is 13.1 Å². The maximum absolute atomic E-state index is 11.3. The van der Waals surface area contributed by atoms with E-state index in [1.807, 2.05) is 44.3 Å². The molecule has 0 saturated carbocycles. The van der Waals surface area contributed by atoms with Crippen molar-refractivity contribution < 1.29 is 9.66 Å². The number of benzene rings is 2. The molecule has 0 spiro atoms. The maximum atomic E-state index is 11.3. The van der Waals surface area contributed by atoms with Crippen molar-refractivity contribution in [1.82, 2.24) is 14.8 Å². The van der Waals surface area contributed by atoms with E-state index < -0.39 is 0 Å². The van der Waals surface area contributed by atoms with Gasteiger partial charge < -0.3 is 9.30 Å². The molecule has 0 bridgehead atoms. The molecule has 0 unspecified atom stereocenters. The van der Waals surface area contributed by atoms with Gasteiger partial charge in [0.25, 0.3) is 5.69 Å². The van der Waals surface area contributed by atoms with Crippen molar-refractivity contribution in [1.29, 1.82) is 0 Å². The number of methoxy groups -OCH3 is 1. The summed E-state index contributed by atoms with van der Waals surface area (Å²) in [6, 6.07) is 12.6. The molecule has 8 heteroatoms. The number of nitro groups is 1. The van der Waals surface area contributed by atoms with Gasteiger partial charge in [0.15, 0.2) is 11.0 Å². The van der Waals surface area contributed by atoms with Crippen molar-refractivity contribution >= 4 is 17.4 Å². The fourth-order valence-electron chi connectivity index (χ4n) is 2.42. The van der Waals surface area contributed by atoms with Gasteiger partial charge in [-0.05, 0) is 42.4 Å². The standard InChI is InChI=1S/C17H16N4O3S/c1-11-8-9-15(13(10-11)21(22)23)25-17-19-18-16(20(17)2)12-6-4-5-7-14(12)24-3/h4-10H,1-3H3. The van der Waals surface area contributed by atoms with Crippen LogP contribution in [-0.4, -0.2) is 26.8 Å². The van der Waals surface area contributed by atoms with E-state index in [1.165, 1.54) is 11.8 Å². The highest BCUT2D eigenvalue weighted by Crippen LogP contribution is 2.36. The quantitative estimate of drug-likeness (QED) is 0.510. The summed E-state index contributed by atoms with van der Waals surface area (Å²) in [7, 11) is 3.42. The summed E-state index contributed by atoms with van der Waals surface area (Å²) in [5.74, 6) is 1.32. The van der Waals surface area contributed by atoms with Gasteiger partial charge in [0.1, 0.15) is 5.75 Å². The predicted molar refractivity (Wildman–Crippen MR) is 94.9 cm³/mol. The van der Waals surface area contributed by atoms with E-state index in [4.69, 9.17) is 4.74 Å². The van der Waals surface area contributed by atoms with Crippen LogP contribution >= 0.6 is 11.8 Å². The third kappa shape index (κ3) is 3.34. The lowest BCUT2D eigenvalue weighted by Gasteiger charge is -2.08. The Morgan fingerprint density at radius 1 is 1.20 bits per heavy atom. The molecule has 0 radical (unpaired) electrons. The van der Waals surface area contributed by atoms with E-state index in [1.54, 1.807) is 23.8 Å².